The molecule has 1 aromatic carbocycles. The van der Waals surface area contributed by atoms with E-state index in [9.17, 15) is 48.9 Å². The number of carbonyl (C=O) groups is 7. The van der Waals surface area contributed by atoms with E-state index in [4.69, 9.17) is 5.73 Å². The highest BCUT2D eigenvalue weighted by Gasteiger charge is 2.41. The highest BCUT2D eigenvalue weighted by atomic mass is 16.3. The van der Waals surface area contributed by atoms with Crippen LogP contribution in [0.2, 0.25) is 0 Å². The van der Waals surface area contributed by atoms with E-state index in [1.54, 1.807) is 31.0 Å². The summed E-state index contributed by atoms with van der Waals surface area (Å²) in [6, 6.07) is -0.277. The number of rotatable bonds is 33. The molecule has 2 aliphatic heterocycles. The molecule has 18 heteroatoms. The minimum atomic E-state index is -1.53. The van der Waals surface area contributed by atoms with E-state index in [-0.39, 0.29) is 75.7 Å². The fourth-order valence-corrected chi connectivity index (χ4v) is 9.39. The number of carbonyl (C=O) groups excluding carboxylic acids is 7. The standard InChI is InChI=1S/C51H86N8O10/c1-6-34(3)31-35(4)17-12-10-8-9-11-13-21-44(64)55-40(19-15-28-53-50(68)46-42(62)26-30-58(46)5)47(65)56-39(7-2)51(69)59-29-16-20-41(59)48(66)57-45(49(67)54-37(33-60)18-14-27-52)43(63)32-36-22-24-38(61)25-23-36/h22-25,33-35,37,39-43,45-46,61-63H,6-21,26-32,52H2,1-5H3,(H,53,68)(H,54,67)(H,55,64)(H,56,65)(H,57,66)/t34?,35?,37?,39?,40?,41?,42-,43+,45?,46?/m0/s1. The third kappa shape index (κ3) is 20.3. The van der Waals surface area contributed by atoms with Crippen molar-refractivity contribution in [3.63, 3.8) is 0 Å². The van der Waals surface area contributed by atoms with Crippen LogP contribution in [0.1, 0.15) is 149 Å². The summed E-state index contributed by atoms with van der Waals surface area (Å²) in [6.07, 6.45) is 10.7. The number of hydrogen-bond acceptors (Lipinski definition) is 12. The van der Waals surface area contributed by atoms with Crippen LogP contribution in [0.3, 0.4) is 0 Å². The minimum Gasteiger partial charge on any atom is -0.508 e. The van der Waals surface area contributed by atoms with E-state index in [2.05, 4.69) is 47.4 Å². The van der Waals surface area contributed by atoms with Gasteiger partial charge in [-0.2, -0.15) is 0 Å². The molecule has 0 aliphatic carbocycles. The lowest BCUT2D eigenvalue weighted by Gasteiger charge is -2.31. The molecule has 2 fully saturated rings. The second kappa shape index (κ2) is 31.6. The molecule has 2 aliphatic rings. The number of likely N-dealkylation sites (N-methyl/N-ethyl adjacent to an activating group) is 1. The van der Waals surface area contributed by atoms with Crippen molar-refractivity contribution in [3.8, 4) is 5.75 Å². The Bertz CT molecular complexity index is 1740. The summed E-state index contributed by atoms with van der Waals surface area (Å²) in [4.78, 5) is 97.1. The Kier molecular flexibility index (Phi) is 26.8. The molecule has 6 amide bonds. The fourth-order valence-electron chi connectivity index (χ4n) is 9.39. The van der Waals surface area contributed by atoms with Crippen LogP contribution in [0.25, 0.3) is 0 Å². The topological polar surface area (TPSA) is 273 Å². The van der Waals surface area contributed by atoms with Gasteiger partial charge in [0.15, 0.2) is 0 Å². The molecule has 69 heavy (non-hydrogen) atoms. The van der Waals surface area contributed by atoms with Crippen molar-refractivity contribution in [2.75, 3.05) is 33.2 Å². The summed E-state index contributed by atoms with van der Waals surface area (Å²) >= 11 is 0. The highest BCUT2D eigenvalue weighted by molar-refractivity contribution is 5.96. The predicted molar refractivity (Wildman–Crippen MR) is 264 cm³/mol. The zero-order chi connectivity index (χ0) is 50.9. The number of unbranched alkanes of at least 4 members (excludes halogenated alkanes) is 5. The van der Waals surface area contributed by atoms with Gasteiger partial charge in [0.1, 0.15) is 42.2 Å². The third-order valence-corrected chi connectivity index (χ3v) is 13.8. The van der Waals surface area contributed by atoms with Gasteiger partial charge in [-0.3, -0.25) is 33.7 Å². The van der Waals surface area contributed by atoms with Crippen molar-refractivity contribution < 1.29 is 48.9 Å². The summed E-state index contributed by atoms with van der Waals surface area (Å²) in [5, 5.41) is 45.2. The van der Waals surface area contributed by atoms with Crippen molar-refractivity contribution in [1.29, 1.82) is 0 Å². The quantitative estimate of drug-likeness (QED) is 0.0364. The SMILES string of the molecule is CCC(C)CC(C)CCCCCCCCC(=O)NC(CCCNC(=O)C1[C@@H](O)CCN1C)C(=O)NC(CC)C(=O)N1CCCC1C(=O)NC(C(=O)NC(C=O)CCCN)[C@H](O)Cc1ccc(O)cc1. The van der Waals surface area contributed by atoms with Crippen LogP contribution in [0, 0.1) is 11.8 Å². The monoisotopic (exact) mass is 971 g/mol. The number of aldehydes is 1. The molecular formula is C51H86N8O10. The molecule has 0 bridgehead atoms. The summed E-state index contributed by atoms with van der Waals surface area (Å²) < 4.78 is 0. The number of aliphatic hydroxyl groups excluding tert-OH is 2. The van der Waals surface area contributed by atoms with Gasteiger partial charge in [-0.25, -0.2) is 0 Å². The Balaban J connectivity index is 1.67. The van der Waals surface area contributed by atoms with Crippen LogP contribution in [-0.2, 0) is 40.0 Å². The number of likely N-dealkylation sites (tertiary alicyclic amines) is 2. The second-order valence-corrected chi connectivity index (χ2v) is 19.6. The van der Waals surface area contributed by atoms with Gasteiger partial charge in [-0.1, -0.05) is 84.8 Å². The average molecular weight is 971 g/mol. The van der Waals surface area contributed by atoms with Gasteiger partial charge >= 0.3 is 0 Å². The maximum atomic E-state index is 14.2. The zero-order valence-corrected chi connectivity index (χ0v) is 42.1. The highest BCUT2D eigenvalue weighted by Crippen LogP contribution is 2.23. The number of nitrogens with one attached hydrogen (secondary N) is 5. The van der Waals surface area contributed by atoms with Gasteiger partial charge in [0.2, 0.25) is 35.4 Å². The van der Waals surface area contributed by atoms with Gasteiger partial charge in [0, 0.05) is 32.5 Å². The van der Waals surface area contributed by atoms with Crippen molar-refractivity contribution in [3.05, 3.63) is 29.8 Å². The van der Waals surface area contributed by atoms with Gasteiger partial charge in [-0.15, -0.1) is 0 Å². The first-order chi connectivity index (χ1) is 33.0. The lowest BCUT2D eigenvalue weighted by Crippen LogP contribution is -2.60. The summed E-state index contributed by atoms with van der Waals surface area (Å²) in [5.74, 6) is -1.75. The summed E-state index contributed by atoms with van der Waals surface area (Å²) in [7, 11) is 1.77. The number of amides is 6. The van der Waals surface area contributed by atoms with E-state index in [1.165, 1.54) is 42.7 Å². The molecule has 8 unspecified atom stereocenters. The molecule has 0 radical (unpaired) electrons. The van der Waals surface area contributed by atoms with Gasteiger partial charge < -0.3 is 57.3 Å². The van der Waals surface area contributed by atoms with Crippen molar-refractivity contribution >= 4 is 41.7 Å². The number of phenols is 1. The first-order valence-corrected chi connectivity index (χ1v) is 25.8. The largest absolute Gasteiger partial charge is 0.508 e. The molecular weight excluding hydrogens is 885 g/mol. The van der Waals surface area contributed by atoms with Crippen LogP contribution in [0.15, 0.2) is 24.3 Å². The van der Waals surface area contributed by atoms with Crippen molar-refractivity contribution in [2.24, 2.45) is 17.6 Å². The number of nitrogens with zero attached hydrogens (tertiary/aromatic N) is 2. The number of phenolic OH excluding ortho intramolecular Hbond substituents is 1. The van der Waals surface area contributed by atoms with Gasteiger partial charge in [0.25, 0.3) is 0 Å². The van der Waals surface area contributed by atoms with Crippen LogP contribution in [-0.4, -0.2) is 149 Å². The molecule has 10 N–H and O–H groups in total. The van der Waals surface area contributed by atoms with Gasteiger partial charge in [0.05, 0.1) is 18.2 Å². The average Bonchev–Trinajstić information content (AvgIpc) is 3.96. The van der Waals surface area contributed by atoms with Crippen LogP contribution in [0.5, 0.6) is 5.75 Å². The molecule has 10 atom stereocenters. The first-order valence-electron chi connectivity index (χ1n) is 25.8. The van der Waals surface area contributed by atoms with Crippen molar-refractivity contribution in [1.82, 2.24) is 36.4 Å². The van der Waals surface area contributed by atoms with E-state index in [0.717, 1.165) is 37.5 Å². The van der Waals surface area contributed by atoms with Crippen LogP contribution in [0.4, 0.5) is 0 Å². The Labute approximate surface area is 410 Å². The lowest BCUT2D eigenvalue weighted by molar-refractivity contribution is -0.143. The smallest absolute Gasteiger partial charge is 0.245 e. The van der Waals surface area contributed by atoms with E-state index >= 15 is 0 Å². The van der Waals surface area contributed by atoms with Crippen LogP contribution >= 0.6 is 0 Å². The van der Waals surface area contributed by atoms with E-state index in [0.29, 0.717) is 50.5 Å². The molecule has 390 valence electrons. The number of hydrogen-bond donors (Lipinski definition) is 9. The third-order valence-electron chi connectivity index (χ3n) is 13.8. The van der Waals surface area contributed by atoms with Crippen molar-refractivity contribution in [2.45, 2.75) is 198 Å². The second-order valence-electron chi connectivity index (χ2n) is 19.6. The minimum absolute atomic E-state index is 0.00661. The number of aromatic hydroxyl groups is 1. The molecule has 18 nitrogen and oxygen atoms in total. The van der Waals surface area contributed by atoms with E-state index < -0.39 is 72.1 Å². The zero-order valence-electron chi connectivity index (χ0n) is 42.1. The number of nitrogens with two attached hydrogens (primary N) is 1. The lowest BCUT2D eigenvalue weighted by atomic mass is 9.91. The molecule has 0 aromatic heterocycles. The Hall–Kier alpha value is -4.65. The summed E-state index contributed by atoms with van der Waals surface area (Å²) in [6.45, 7) is 9.84. The molecule has 2 saturated heterocycles. The molecule has 2 heterocycles. The maximum absolute atomic E-state index is 14.2. The van der Waals surface area contributed by atoms with Crippen LogP contribution < -0.4 is 32.3 Å². The normalized spacial score (nSPS) is 20.2. The summed E-state index contributed by atoms with van der Waals surface area (Å²) in [5.41, 5.74) is 6.17. The number of aliphatic hydroxyl groups is 2. The maximum Gasteiger partial charge on any atom is 0.245 e. The Morgan fingerprint density at radius 1 is 0.783 bits per heavy atom. The Morgan fingerprint density at radius 2 is 1.48 bits per heavy atom. The van der Waals surface area contributed by atoms with E-state index in [1.807, 2.05) is 0 Å². The Morgan fingerprint density at radius 3 is 2.12 bits per heavy atom. The molecule has 1 aromatic rings. The first kappa shape index (κ1) is 58.7. The predicted octanol–water partition coefficient (Wildman–Crippen LogP) is 2.73. The number of benzene rings is 1. The van der Waals surface area contributed by atoms with Gasteiger partial charge in [-0.05, 0) is 107 Å². The molecule has 3 rings (SSSR count). The molecule has 0 saturated carbocycles. The molecule has 0 spiro atoms. The fraction of sp³-hybridized carbons (Fsp3) is 0.745.